The number of nitriles is 1. The second kappa shape index (κ2) is 3.44. The first-order chi connectivity index (χ1) is 7.79. The van der Waals surface area contributed by atoms with Crippen molar-refractivity contribution in [1.29, 1.82) is 5.26 Å². The van der Waals surface area contributed by atoms with Gasteiger partial charge in [0.25, 0.3) is 0 Å². The third-order valence-electron chi connectivity index (χ3n) is 2.35. The highest BCUT2D eigenvalue weighted by atomic mass is 32.2. The lowest BCUT2D eigenvalue weighted by atomic mass is 10.3. The summed E-state index contributed by atoms with van der Waals surface area (Å²) in [5.74, 6) is 0. The largest absolute Gasteiger partial charge is 0.396 e. The van der Waals surface area contributed by atoms with Gasteiger partial charge in [0, 0.05) is 4.90 Å². The molecular formula is C11H7N3S2. The van der Waals surface area contributed by atoms with Gasteiger partial charge in [-0.1, -0.05) is 23.9 Å². The zero-order chi connectivity index (χ0) is 11.1. The molecule has 16 heavy (non-hydrogen) atoms. The molecule has 1 aliphatic heterocycles. The van der Waals surface area contributed by atoms with Gasteiger partial charge in [-0.05, 0) is 12.1 Å². The Labute approximate surface area is 101 Å². The molecule has 1 aromatic heterocycles. The molecule has 0 bridgehead atoms. The molecule has 1 aromatic carbocycles. The number of nitrogens with one attached hydrogen (secondary N) is 1. The highest BCUT2D eigenvalue weighted by molar-refractivity contribution is 8.00. The molecule has 0 fully saturated rings. The Morgan fingerprint density at radius 1 is 1.31 bits per heavy atom. The van der Waals surface area contributed by atoms with Crippen LogP contribution in [0.5, 0.6) is 0 Å². The van der Waals surface area contributed by atoms with Gasteiger partial charge >= 0.3 is 0 Å². The first kappa shape index (κ1) is 9.58. The summed E-state index contributed by atoms with van der Waals surface area (Å²) in [4.78, 5) is 2.70. The molecule has 0 saturated heterocycles. The Hall–Kier alpha value is -1.64. The van der Waals surface area contributed by atoms with Gasteiger partial charge in [0.2, 0.25) is 0 Å². The summed E-state index contributed by atoms with van der Waals surface area (Å²) in [5.41, 5.74) is 7.59. The number of thiophene rings is 1. The summed E-state index contributed by atoms with van der Waals surface area (Å²) in [6.45, 7) is 0. The van der Waals surface area contributed by atoms with Gasteiger partial charge in [-0.25, -0.2) is 0 Å². The van der Waals surface area contributed by atoms with Crippen LogP contribution in [-0.2, 0) is 0 Å². The van der Waals surface area contributed by atoms with Crippen molar-refractivity contribution in [2.45, 2.75) is 9.79 Å². The van der Waals surface area contributed by atoms with E-state index >= 15 is 0 Å². The van der Waals surface area contributed by atoms with Gasteiger partial charge in [0.15, 0.2) is 0 Å². The van der Waals surface area contributed by atoms with Crippen molar-refractivity contribution in [3.8, 4) is 6.07 Å². The van der Waals surface area contributed by atoms with Crippen LogP contribution in [0.15, 0.2) is 34.1 Å². The molecule has 0 unspecified atom stereocenters. The molecule has 0 radical (unpaired) electrons. The first-order valence-electron chi connectivity index (χ1n) is 4.66. The lowest BCUT2D eigenvalue weighted by molar-refractivity contribution is 1.36. The van der Waals surface area contributed by atoms with Crippen molar-refractivity contribution in [3.05, 3.63) is 29.1 Å². The van der Waals surface area contributed by atoms with Crippen LogP contribution in [0.4, 0.5) is 16.4 Å². The highest BCUT2D eigenvalue weighted by Gasteiger charge is 2.22. The average molecular weight is 245 g/mol. The monoisotopic (exact) mass is 245 g/mol. The number of hydrogen-bond acceptors (Lipinski definition) is 5. The standard InChI is InChI=1S/C11H7N3S2/c12-5-8-9(13)10-11(16-8)14-6-3-1-2-4-7(6)15-10/h1-4,14H,13H2. The van der Waals surface area contributed by atoms with E-state index in [2.05, 4.69) is 11.4 Å². The molecule has 0 saturated carbocycles. The van der Waals surface area contributed by atoms with Gasteiger partial charge < -0.3 is 11.1 Å². The van der Waals surface area contributed by atoms with Gasteiger partial charge in [0.1, 0.15) is 15.9 Å². The number of nitrogens with zero attached hydrogens (tertiary/aromatic N) is 1. The predicted molar refractivity (Wildman–Crippen MR) is 67.3 cm³/mol. The molecule has 3 rings (SSSR count). The molecule has 2 aromatic rings. The van der Waals surface area contributed by atoms with E-state index < -0.39 is 0 Å². The number of fused-ring (bicyclic) bond motifs is 2. The maximum absolute atomic E-state index is 8.93. The number of para-hydroxylation sites is 1. The second-order valence-corrected chi connectivity index (χ2v) is 5.41. The Morgan fingerprint density at radius 2 is 2.12 bits per heavy atom. The summed E-state index contributed by atoms with van der Waals surface area (Å²) in [6.07, 6.45) is 0. The summed E-state index contributed by atoms with van der Waals surface area (Å²) < 4.78 is 0. The van der Waals surface area contributed by atoms with E-state index in [1.807, 2.05) is 24.3 Å². The van der Waals surface area contributed by atoms with E-state index in [1.54, 1.807) is 11.8 Å². The van der Waals surface area contributed by atoms with Crippen LogP contribution in [0.2, 0.25) is 0 Å². The topological polar surface area (TPSA) is 61.8 Å². The van der Waals surface area contributed by atoms with Crippen LogP contribution in [0.3, 0.4) is 0 Å². The van der Waals surface area contributed by atoms with Crippen molar-refractivity contribution in [2.75, 3.05) is 11.1 Å². The smallest absolute Gasteiger partial charge is 0.131 e. The zero-order valence-electron chi connectivity index (χ0n) is 8.15. The number of rotatable bonds is 0. The summed E-state index contributed by atoms with van der Waals surface area (Å²) >= 11 is 3.02. The van der Waals surface area contributed by atoms with E-state index in [-0.39, 0.29) is 0 Å². The van der Waals surface area contributed by atoms with E-state index in [4.69, 9.17) is 11.0 Å². The predicted octanol–water partition coefficient (Wildman–Crippen LogP) is 3.41. The van der Waals surface area contributed by atoms with Gasteiger partial charge in [-0.15, -0.1) is 11.3 Å². The fraction of sp³-hybridized carbons (Fsp3) is 0. The molecule has 0 aliphatic carbocycles. The molecule has 0 amide bonds. The molecule has 0 atom stereocenters. The second-order valence-electron chi connectivity index (χ2n) is 3.34. The van der Waals surface area contributed by atoms with Gasteiger partial charge in [0.05, 0.1) is 16.3 Å². The minimum absolute atomic E-state index is 0.581. The first-order valence-corrected chi connectivity index (χ1v) is 6.29. The molecule has 1 aliphatic rings. The molecular weight excluding hydrogens is 238 g/mol. The molecule has 2 heterocycles. The van der Waals surface area contributed by atoms with Crippen molar-refractivity contribution in [2.24, 2.45) is 0 Å². The zero-order valence-corrected chi connectivity index (χ0v) is 9.78. The lowest BCUT2D eigenvalue weighted by Crippen LogP contribution is -1.97. The molecule has 3 nitrogen and oxygen atoms in total. The van der Waals surface area contributed by atoms with E-state index in [1.165, 1.54) is 11.3 Å². The van der Waals surface area contributed by atoms with Crippen molar-refractivity contribution in [3.63, 3.8) is 0 Å². The minimum atomic E-state index is 0.581. The molecule has 78 valence electrons. The molecule has 0 spiro atoms. The van der Waals surface area contributed by atoms with E-state index in [0.717, 1.165) is 20.5 Å². The Bertz CT molecular complexity index is 610. The van der Waals surface area contributed by atoms with Gasteiger partial charge in [-0.3, -0.25) is 0 Å². The SMILES string of the molecule is N#Cc1sc2c(c1N)Sc1ccccc1N2. The van der Waals surface area contributed by atoms with E-state index in [0.29, 0.717) is 10.6 Å². The fourth-order valence-electron chi connectivity index (χ4n) is 1.59. The Kier molecular flexibility index (Phi) is 2.06. The highest BCUT2D eigenvalue weighted by Crippen LogP contribution is 2.51. The van der Waals surface area contributed by atoms with Crippen LogP contribution in [0.1, 0.15) is 4.88 Å². The van der Waals surface area contributed by atoms with Crippen LogP contribution in [0, 0.1) is 11.3 Å². The van der Waals surface area contributed by atoms with Crippen LogP contribution < -0.4 is 11.1 Å². The average Bonchev–Trinajstić information content (AvgIpc) is 2.63. The number of anilines is 3. The van der Waals surface area contributed by atoms with Crippen molar-refractivity contribution < 1.29 is 0 Å². The van der Waals surface area contributed by atoms with E-state index in [9.17, 15) is 0 Å². The lowest BCUT2D eigenvalue weighted by Gasteiger charge is -2.17. The molecule has 3 N–H and O–H groups in total. The summed E-state index contributed by atoms with van der Waals surface area (Å²) in [5, 5.41) is 13.2. The summed E-state index contributed by atoms with van der Waals surface area (Å²) in [7, 11) is 0. The normalized spacial score (nSPS) is 12.2. The van der Waals surface area contributed by atoms with Crippen molar-refractivity contribution >= 4 is 39.5 Å². The van der Waals surface area contributed by atoms with Gasteiger partial charge in [-0.2, -0.15) is 5.26 Å². The maximum Gasteiger partial charge on any atom is 0.131 e. The third kappa shape index (κ3) is 1.28. The number of hydrogen-bond donors (Lipinski definition) is 2. The Balaban J connectivity index is 2.15. The number of nitrogen functional groups attached to an aromatic ring is 1. The minimum Gasteiger partial charge on any atom is -0.396 e. The van der Waals surface area contributed by atoms with Crippen LogP contribution >= 0.6 is 23.1 Å². The number of benzene rings is 1. The Morgan fingerprint density at radius 3 is 2.94 bits per heavy atom. The van der Waals surface area contributed by atoms with Crippen molar-refractivity contribution in [1.82, 2.24) is 0 Å². The quantitative estimate of drug-likeness (QED) is 0.637. The van der Waals surface area contributed by atoms with Crippen LogP contribution in [-0.4, -0.2) is 0 Å². The molecule has 5 heteroatoms. The number of nitrogens with two attached hydrogens (primary N) is 1. The summed E-state index contributed by atoms with van der Waals surface area (Å²) in [6, 6.07) is 10.2. The fourth-order valence-corrected chi connectivity index (χ4v) is 3.68. The third-order valence-corrected chi connectivity index (χ3v) is 4.71. The van der Waals surface area contributed by atoms with Crippen LogP contribution in [0.25, 0.3) is 0 Å². The maximum atomic E-state index is 8.93.